The molecule has 0 fully saturated rings. The molecule has 0 aromatic heterocycles. The van der Waals surface area contributed by atoms with Crippen LogP contribution < -0.4 is 0 Å². The molecule has 0 N–H and O–H groups in total. The first-order chi connectivity index (χ1) is 3.91. The van der Waals surface area contributed by atoms with Crippen LogP contribution >= 0.6 is 0 Å². The SMILES string of the molecule is CCCOC/C=N\C. The second kappa shape index (κ2) is 6.63. The van der Waals surface area contributed by atoms with Crippen molar-refractivity contribution in [1.82, 2.24) is 0 Å². The van der Waals surface area contributed by atoms with Gasteiger partial charge in [-0.2, -0.15) is 0 Å². The van der Waals surface area contributed by atoms with Crippen LogP contribution in [0.5, 0.6) is 0 Å². The van der Waals surface area contributed by atoms with Crippen LogP contribution in [0, 0.1) is 0 Å². The minimum absolute atomic E-state index is 0.657. The number of aliphatic imine (C=N–C) groups is 1. The first kappa shape index (κ1) is 7.63. The molecule has 0 heterocycles. The third kappa shape index (κ3) is 5.63. The fraction of sp³-hybridized carbons (Fsp3) is 0.833. The molecule has 0 aliphatic carbocycles. The van der Waals surface area contributed by atoms with Gasteiger partial charge in [-0.05, 0) is 6.42 Å². The lowest BCUT2D eigenvalue weighted by Crippen LogP contribution is -1.95. The predicted octanol–water partition coefficient (Wildman–Crippen LogP) is 1.11. The molecule has 8 heavy (non-hydrogen) atoms. The Kier molecular flexibility index (Phi) is 6.32. The van der Waals surface area contributed by atoms with Crippen molar-refractivity contribution in [2.24, 2.45) is 4.99 Å². The van der Waals surface area contributed by atoms with Gasteiger partial charge in [0.15, 0.2) is 0 Å². The average Bonchev–Trinajstić information content (AvgIpc) is 1.81. The molecule has 0 spiro atoms. The highest BCUT2D eigenvalue weighted by Gasteiger charge is 1.76. The van der Waals surface area contributed by atoms with Gasteiger partial charge in [0, 0.05) is 19.9 Å². The highest BCUT2D eigenvalue weighted by atomic mass is 16.5. The summed E-state index contributed by atoms with van der Waals surface area (Å²) in [6.07, 6.45) is 2.84. The Morgan fingerprint density at radius 2 is 2.38 bits per heavy atom. The zero-order chi connectivity index (χ0) is 6.24. The van der Waals surface area contributed by atoms with Crippen LogP contribution in [0.2, 0.25) is 0 Å². The first-order valence-corrected chi connectivity index (χ1v) is 2.90. The Morgan fingerprint density at radius 1 is 1.62 bits per heavy atom. The van der Waals surface area contributed by atoms with Crippen molar-refractivity contribution >= 4 is 6.21 Å². The van der Waals surface area contributed by atoms with E-state index in [1.165, 1.54) is 0 Å². The minimum atomic E-state index is 0.657. The lowest BCUT2D eigenvalue weighted by atomic mass is 10.5. The molecule has 2 nitrogen and oxygen atoms in total. The molecular weight excluding hydrogens is 102 g/mol. The van der Waals surface area contributed by atoms with E-state index in [4.69, 9.17) is 4.74 Å². The summed E-state index contributed by atoms with van der Waals surface area (Å²) in [6, 6.07) is 0. The monoisotopic (exact) mass is 115 g/mol. The summed E-state index contributed by atoms with van der Waals surface area (Å²) in [5.74, 6) is 0. The van der Waals surface area contributed by atoms with E-state index in [0.717, 1.165) is 13.0 Å². The Bertz CT molecular complexity index is 61.5. The molecule has 2 heteroatoms. The first-order valence-electron chi connectivity index (χ1n) is 2.90. The van der Waals surface area contributed by atoms with E-state index in [1.807, 2.05) is 0 Å². The van der Waals surface area contributed by atoms with Crippen LogP contribution in [0.25, 0.3) is 0 Å². The Balaban J connectivity index is 2.72. The van der Waals surface area contributed by atoms with Gasteiger partial charge in [0.1, 0.15) is 0 Å². The molecule has 0 aromatic carbocycles. The summed E-state index contributed by atoms with van der Waals surface area (Å²) in [5, 5.41) is 0. The number of hydrogen-bond acceptors (Lipinski definition) is 2. The van der Waals surface area contributed by atoms with Crippen molar-refractivity contribution in [3.63, 3.8) is 0 Å². The van der Waals surface area contributed by atoms with Crippen LogP contribution in [-0.2, 0) is 4.74 Å². The predicted molar refractivity (Wildman–Crippen MR) is 35.5 cm³/mol. The van der Waals surface area contributed by atoms with Crippen molar-refractivity contribution in [3.8, 4) is 0 Å². The summed E-state index contributed by atoms with van der Waals surface area (Å²) < 4.78 is 5.07. The van der Waals surface area contributed by atoms with Crippen molar-refractivity contribution in [3.05, 3.63) is 0 Å². The fourth-order valence-corrected chi connectivity index (χ4v) is 0.355. The molecule has 0 atom stereocenters. The van der Waals surface area contributed by atoms with Crippen LogP contribution in [0.1, 0.15) is 13.3 Å². The normalized spacial score (nSPS) is 10.8. The zero-order valence-corrected chi connectivity index (χ0v) is 5.55. The standard InChI is InChI=1S/C6H13NO/c1-3-5-8-6-4-7-2/h4H,3,5-6H2,1-2H3/b7-4-. The third-order valence-electron chi connectivity index (χ3n) is 0.723. The second-order valence-corrected chi connectivity index (χ2v) is 1.52. The average molecular weight is 115 g/mol. The van der Waals surface area contributed by atoms with Crippen LogP contribution in [0.15, 0.2) is 4.99 Å². The fourth-order valence-electron chi connectivity index (χ4n) is 0.355. The van der Waals surface area contributed by atoms with Crippen LogP contribution in [0.4, 0.5) is 0 Å². The molecule has 0 bridgehead atoms. The highest BCUT2D eigenvalue weighted by Crippen LogP contribution is 1.76. The lowest BCUT2D eigenvalue weighted by Gasteiger charge is -1.93. The van der Waals surface area contributed by atoms with E-state index < -0.39 is 0 Å². The zero-order valence-electron chi connectivity index (χ0n) is 5.55. The summed E-state index contributed by atoms with van der Waals surface area (Å²) in [4.78, 5) is 3.76. The maximum absolute atomic E-state index is 5.07. The number of rotatable bonds is 4. The van der Waals surface area contributed by atoms with Crippen molar-refractivity contribution < 1.29 is 4.74 Å². The van der Waals surface area contributed by atoms with Gasteiger partial charge in [-0.3, -0.25) is 4.99 Å². The molecule has 0 unspecified atom stereocenters. The van der Waals surface area contributed by atoms with E-state index >= 15 is 0 Å². The van der Waals surface area contributed by atoms with Gasteiger partial charge in [0.2, 0.25) is 0 Å². The Morgan fingerprint density at radius 3 is 2.88 bits per heavy atom. The van der Waals surface area contributed by atoms with Crippen molar-refractivity contribution in [2.45, 2.75) is 13.3 Å². The van der Waals surface area contributed by atoms with Crippen LogP contribution in [-0.4, -0.2) is 26.5 Å². The van der Waals surface area contributed by atoms with Gasteiger partial charge in [-0.15, -0.1) is 0 Å². The number of ether oxygens (including phenoxy) is 1. The summed E-state index contributed by atoms with van der Waals surface area (Å²) in [7, 11) is 1.75. The molecule has 0 aromatic rings. The van der Waals surface area contributed by atoms with Gasteiger partial charge < -0.3 is 4.74 Å². The lowest BCUT2D eigenvalue weighted by molar-refractivity contribution is 0.175. The van der Waals surface area contributed by atoms with Gasteiger partial charge >= 0.3 is 0 Å². The molecule has 0 aliphatic heterocycles. The molecule has 0 amide bonds. The smallest absolute Gasteiger partial charge is 0.0814 e. The Hall–Kier alpha value is -0.370. The molecule has 0 rings (SSSR count). The molecule has 0 saturated carbocycles. The third-order valence-corrected chi connectivity index (χ3v) is 0.723. The molecule has 48 valence electrons. The van der Waals surface area contributed by atoms with E-state index in [-0.39, 0.29) is 0 Å². The second-order valence-electron chi connectivity index (χ2n) is 1.52. The molecule has 0 saturated heterocycles. The van der Waals surface area contributed by atoms with Crippen LogP contribution in [0.3, 0.4) is 0 Å². The van der Waals surface area contributed by atoms with Crippen molar-refractivity contribution in [1.29, 1.82) is 0 Å². The number of nitrogens with zero attached hydrogens (tertiary/aromatic N) is 1. The Labute approximate surface area is 50.6 Å². The number of hydrogen-bond donors (Lipinski definition) is 0. The maximum Gasteiger partial charge on any atom is 0.0814 e. The van der Waals surface area contributed by atoms with Gasteiger partial charge in [-0.25, -0.2) is 0 Å². The maximum atomic E-state index is 5.07. The van der Waals surface area contributed by atoms with E-state index in [1.54, 1.807) is 13.3 Å². The van der Waals surface area contributed by atoms with Gasteiger partial charge in [0.25, 0.3) is 0 Å². The molecule has 0 aliphatic rings. The summed E-state index contributed by atoms with van der Waals surface area (Å²) in [6.45, 7) is 3.58. The van der Waals surface area contributed by atoms with E-state index in [9.17, 15) is 0 Å². The molecular formula is C6H13NO. The van der Waals surface area contributed by atoms with E-state index in [2.05, 4.69) is 11.9 Å². The summed E-state index contributed by atoms with van der Waals surface area (Å²) in [5.41, 5.74) is 0. The molecule has 0 radical (unpaired) electrons. The van der Waals surface area contributed by atoms with Gasteiger partial charge in [-0.1, -0.05) is 6.92 Å². The minimum Gasteiger partial charge on any atom is -0.376 e. The quantitative estimate of drug-likeness (QED) is 0.397. The summed E-state index contributed by atoms with van der Waals surface area (Å²) >= 11 is 0. The van der Waals surface area contributed by atoms with E-state index in [0.29, 0.717) is 6.61 Å². The van der Waals surface area contributed by atoms with Gasteiger partial charge in [0.05, 0.1) is 6.61 Å². The largest absolute Gasteiger partial charge is 0.376 e. The topological polar surface area (TPSA) is 21.6 Å². The highest BCUT2D eigenvalue weighted by molar-refractivity contribution is 5.57. The van der Waals surface area contributed by atoms with Crippen molar-refractivity contribution in [2.75, 3.05) is 20.3 Å².